The molecule has 2 atom stereocenters. The van der Waals surface area contributed by atoms with Crippen LogP contribution >= 0.6 is 35.6 Å². The molecule has 1 fully saturated rings. The number of likely N-dealkylation sites (tertiary alicyclic amines) is 1. The van der Waals surface area contributed by atoms with Crippen LogP contribution in [-0.2, 0) is 4.74 Å². The Labute approximate surface area is 179 Å². The molecule has 0 aromatic heterocycles. The van der Waals surface area contributed by atoms with Crippen LogP contribution in [0, 0.1) is 5.92 Å². The van der Waals surface area contributed by atoms with Gasteiger partial charge in [-0.05, 0) is 56.5 Å². The number of halogens is 2. The first-order valence-electron chi connectivity index (χ1n) is 9.05. The maximum absolute atomic E-state index is 6.22. The summed E-state index contributed by atoms with van der Waals surface area (Å²) in [5.41, 5.74) is 1.30. The van der Waals surface area contributed by atoms with Crippen molar-refractivity contribution in [2.75, 3.05) is 47.4 Å². The Bertz CT molecular complexity index is 558. The van der Waals surface area contributed by atoms with E-state index in [1.807, 2.05) is 19.2 Å². The number of aliphatic imine (C=N–C) groups is 1. The topological polar surface area (TPSA) is 48.9 Å². The Morgan fingerprint density at radius 3 is 2.88 bits per heavy atom. The van der Waals surface area contributed by atoms with E-state index in [0.717, 1.165) is 43.6 Å². The van der Waals surface area contributed by atoms with Crippen LogP contribution in [0.25, 0.3) is 0 Å². The number of guanidine groups is 1. The van der Waals surface area contributed by atoms with Crippen LogP contribution in [0.15, 0.2) is 29.3 Å². The lowest BCUT2D eigenvalue weighted by atomic mass is 9.85. The number of ether oxygens (including phenoxy) is 1. The van der Waals surface area contributed by atoms with E-state index in [0.29, 0.717) is 12.0 Å². The molecule has 1 heterocycles. The predicted octanol–water partition coefficient (Wildman–Crippen LogP) is 3.54. The summed E-state index contributed by atoms with van der Waals surface area (Å²) >= 11 is 6.22. The minimum absolute atomic E-state index is 0. The molecule has 0 bridgehead atoms. The maximum atomic E-state index is 6.22. The molecule has 1 saturated heterocycles. The Balaban J connectivity index is 0.00000338. The number of rotatable bonds is 7. The molecule has 0 radical (unpaired) electrons. The van der Waals surface area contributed by atoms with Crippen molar-refractivity contribution in [2.24, 2.45) is 10.9 Å². The van der Waals surface area contributed by atoms with E-state index < -0.39 is 0 Å². The highest BCUT2D eigenvalue weighted by Crippen LogP contribution is 2.35. The number of nitrogens with zero attached hydrogens (tertiary/aromatic N) is 2. The number of nitrogens with one attached hydrogen (secondary N) is 2. The number of methoxy groups -OCH3 is 1. The van der Waals surface area contributed by atoms with Gasteiger partial charge in [0.25, 0.3) is 0 Å². The zero-order chi connectivity index (χ0) is 18.1. The van der Waals surface area contributed by atoms with Gasteiger partial charge in [-0.3, -0.25) is 9.89 Å². The molecule has 7 heteroatoms. The van der Waals surface area contributed by atoms with E-state index in [-0.39, 0.29) is 24.0 Å². The number of hydrogen-bond donors (Lipinski definition) is 2. The van der Waals surface area contributed by atoms with Crippen molar-refractivity contribution in [3.8, 4) is 0 Å². The second kappa shape index (κ2) is 12.8. The lowest BCUT2D eigenvalue weighted by Crippen LogP contribution is -2.45. The van der Waals surface area contributed by atoms with Crippen LogP contribution in [0.5, 0.6) is 0 Å². The van der Waals surface area contributed by atoms with Gasteiger partial charge in [0.1, 0.15) is 0 Å². The van der Waals surface area contributed by atoms with E-state index in [2.05, 4.69) is 39.7 Å². The standard InChI is InChI=1S/C19H31ClN4O.HI/c1-21-19(22-10-6-12-25-3)23-14-16-8-5-11-24(2)18(16)15-7-4-9-17(20)13-15;/h4,7,9,13,16,18H,5-6,8,10-12,14H2,1-3H3,(H2,21,22,23);1H. The lowest BCUT2D eigenvalue weighted by molar-refractivity contribution is 0.122. The third kappa shape index (κ3) is 7.21. The smallest absolute Gasteiger partial charge is 0.190 e. The fourth-order valence-electron chi connectivity index (χ4n) is 3.56. The largest absolute Gasteiger partial charge is 0.385 e. The molecule has 1 aromatic rings. The quantitative estimate of drug-likeness (QED) is 0.263. The fourth-order valence-corrected chi connectivity index (χ4v) is 3.76. The van der Waals surface area contributed by atoms with Gasteiger partial charge in [0.15, 0.2) is 5.96 Å². The monoisotopic (exact) mass is 494 g/mol. The van der Waals surface area contributed by atoms with Crippen molar-refractivity contribution in [1.29, 1.82) is 0 Å². The van der Waals surface area contributed by atoms with Gasteiger partial charge in [0.2, 0.25) is 0 Å². The van der Waals surface area contributed by atoms with Crippen molar-refractivity contribution < 1.29 is 4.74 Å². The molecule has 1 aliphatic heterocycles. The van der Waals surface area contributed by atoms with Gasteiger partial charge in [-0.2, -0.15) is 0 Å². The van der Waals surface area contributed by atoms with Gasteiger partial charge in [0.05, 0.1) is 0 Å². The highest BCUT2D eigenvalue weighted by atomic mass is 127. The molecule has 1 aliphatic rings. The molecule has 2 N–H and O–H groups in total. The second-order valence-corrected chi connectivity index (χ2v) is 7.05. The van der Waals surface area contributed by atoms with Crippen molar-refractivity contribution in [3.63, 3.8) is 0 Å². The van der Waals surface area contributed by atoms with Crippen LogP contribution in [0.2, 0.25) is 5.02 Å². The van der Waals surface area contributed by atoms with Crippen LogP contribution in [0.4, 0.5) is 0 Å². The Kier molecular flexibility index (Phi) is 11.5. The minimum atomic E-state index is 0. The molecule has 26 heavy (non-hydrogen) atoms. The molecule has 0 amide bonds. The van der Waals surface area contributed by atoms with Crippen molar-refractivity contribution in [3.05, 3.63) is 34.9 Å². The van der Waals surface area contributed by atoms with E-state index in [9.17, 15) is 0 Å². The van der Waals surface area contributed by atoms with Crippen LogP contribution in [-0.4, -0.2) is 58.3 Å². The Hall–Kier alpha value is -0.570. The van der Waals surface area contributed by atoms with Gasteiger partial charge < -0.3 is 15.4 Å². The van der Waals surface area contributed by atoms with Crippen LogP contribution in [0.3, 0.4) is 0 Å². The molecular formula is C19H32ClIN4O. The van der Waals surface area contributed by atoms with Gasteiger partial charge >= 0.3 is 0 Å². The number of hydrogen-bond acceptors (Lipinski definition) is 3. The summed E-state index contributed by atoms with van der Waals surface area (Å²) in [5.74, 6) is 1.38. The number of benzene rings is 1. The molecule has 0 aliphatic carbocycles. The summed E-state index contributed by atoms with van der Waals surface area (Å²) in [6, 6.07) is 8.64. The highest BCUT2D eigenvalue weighted by molar-refractivity contribution is 14.0. The summed E-state index contributed by atoms with van der Waals surface area (Å²) in [5, 5.41) is 7.64. The SMILES string of the molecule is CN=C(NCCCOC)NCC1CCCN(C)C1c1cccc(Cl)c1.I. The summed E-state index contributed by atoms with van der Waals surface area (Å²) in [6.07, 6.45) is 3.39. The normalized spacial score (nSPS) is 21.2. The average molecular weight is 495 g/mol. The molecule has 0 spiro atoms. The fraction of sp³-hybridized carbons (Fsp3) is 0.632. The molecule has 5 nitrogen and oxygen atoms in total. The summed E-state index contributed by atoms with van der Waals surface area (Å²) in [7, 11) is 5.74. The molecular weight excluding hydrogens is 463 g/mol. The van der Waals surface area contributed by atoms with Crippen LogP contribution in [0.1, 0.15) is 30.9 Å². The molecule has 2 unspecified atom stereocenters. The van der Waals surface area contributed by atoms with Crippen molar-refractivity contribution in [2.45, 2.75) is 25.3 Å². The first-order chi connectivity index (χ1) is 12.2. The summed E-state index contributed by atoms with van der Waals surface area (Å²) in [4.78, 5) is 6.76. The molecule has 2 rings (SSSR count). The summed E-state index contributed by atoms with van der Waals surface area (Å²) in [6.45, 7) is 3.63. The van der Waals surface area contributed by atoms with Gasteiger partial charge in [-0.1, -0.05) is 23.7 Å². The van der Waals surface area contributed by atoms with Gasteiger partial charge in [-0.25, -0.2) is 0 Å². The second-order valence-electron chi connectivity index (χ2n) is 6.61. The first kappa shape index (κ1) is 23.5. The lowest BCUT2D eigenvalue weighted by Gasteiger charge is -2.40. The van der Waals surface area contributed by atoms with E-state index in [1.54, 1.807) is 7.11 Å². The maximum Gasteiger partial charge on any atom is 0.190 e. The van der Waals surface area contributed by atoms with Gasteiger partial charge in [-0.15, -0.1) is 24.0 Å². The zero-order valence-corrected chi connectivity index (χ0v) is 19.1. The van der Waals surface area contributed by atoms with E-state index in [1.165, 1.54) is 18.4 Å². The van der Waals surface area contributed by atoms with Crippen LogP contribution < -0.4 is 10.6 Å². The average Bonchev–Trinajstić information content (AvgIpc) is 2.61. The summed E-state index contributed by atoms with van der Waals surface area (Å²) < 4.78 is 5.08. The van der Waals surface area contributed by atoms with E-state index >= 15 is 0 Å². The zero-order valence-electron chi connectivity index (χ0n) is 16.0. The third-order valence-electron chi connectivity index (χ3n) is 4.77. The van der Waals surface area contributed by atoms with Crippen molar-refractivity contribution >= 4 is 41.5 Å². The van der Waals surface area contributed by atoms with Gasteiger partial charge in [0, 0.05) is 44.9 Å². The molecule has 1 aromatic carbocycles. The Morgan fingerprint density at radius 2 is 2.19 bits per heavy atom. The Morgan fingerprint density at radius 1 is 1.38 bits per heavy atom. The molecule has 0 saturated carbocycles. The third-order valence-corrected chi connectivity index (χ3v) is 5.01. The predicted molar refractivity (Wildman–Crippen MR) is 121 cm³/mol. The number of piperidine rings is 1. The first-order valence-corrected chi connectivity index (χ1v) is 9.42. The minimum Gasteiger partial charge on any atom is -0.385 e. The highest BCUT2D eigenvalue weighted by Gasteiger charge is 2.30. The molecule has 148 valence electrons. The van der Waals surface area contributed by atoms with E-state index in [4.69, 9.17) is 16.3 Å². The van der Waals surface area contributed by atoms with Crippen molar-refractivity contribution in [1.82, 2.24) is 15.5 Å².